The van der Waals surface area contributed by atoms with Crippen molar-refractivity contribution in [1.29, 1.82) is 0 Å². The Morgan fingerprint density at radius 1 is 0.931 bits per heavy atom. The summed E-state index contributed by atoms with van der Waals surface area (Å²) < 4.78 is 14.7. The first-order valence-electron chi connectivity index (χ1n) is 8.55. The normalized spacial score (nSPS) is 10.3. The van der Waals surface area contributed by atoms with Gasteiger partial charge in [-0.05, 0) is 47.5 Å². The first kappa shape index (κ1) is 21.4. The third kappa shape index (κ3) is 7.33. The second kappa shape index (κ2) is 11.1. The number of ether oxygens (including phenoxy) is 3. The molecule has 2 rings (SSSR count). The van der Waals surface area contributed by atoms with Crippen LogP contribution in [0.3, 0.4) is 0 Å². The molecule has 29 heavy (non-hydrogen) atoms. The maximum Gasteiger partial charge on any atom is 0.343 e. The third-order valence-electron chi connectivity index (χ3n) is 3.66. The number of carbonyl (C=O) groups is 3. The molecule has 152 valence electrons. The summed E-state index contributed by atoms with van der Waals surface area (Å²) in [6.07, 6.45) is 1.37. The fraction of sp³-hybridized carbons (Fsp3) is 0.200. The second-order valence-electron chi connectivity index (χ2n) is 5.66. The maximum absolute atomic E-state index is 11.8. The van der Waals surface area contributed by atoms with Gasteiger partial charge in [0.2, 0.25) is 0 Å². The van der Waals surface area contributed by atoms with E-state index in [9.17, 15) is 14.4 Å². The highest BCUT2D eigenvalue weighted by atomic mass is 16.6. The van der Waals surface area contributed by atoms with Gasteiger partial charge in [0.05, 0.1) is 20.4 Å². The minimum Gasteiger partial charge on any atom is -0.497 e. The van der Waals surface area contributed by atoms with Crippen LogP contribution in [0.2, 0.25) is 0 Å². The Morgan fingerprint density at radius 3 is 2.21 bits per heavy atom. The van der Waals surface area contributed by atoms with Crippen LogP contribution in [0.15, 0.2) is 53.6 Å². The lowest BCUT2D eigenvalue weighted by molar-refractivity contribution is -0.142. The van der Waals surface area contributed by atoms with Gasteiger partial charge in [0.15, 0.2) is 6.61 Å². The number of nitrogens with one attached hydrogen (secondary N) is 2. The van der Waals surface area contributed by atoms with Gasteiger partial charge in [0.1, 0.15) is 11.5 Å². The van der Waals surface area contributed by atoms with Crippen molar-refractivity contribution in [2.45, 2.75) is 6.54 Å². The Labute approximate surface area is 167 Å². The van der Waals surface area contributed by atoms with Crippen molar-refractivity contribution in [1.82, 2.24) is 10.7 Å². The van der Waals surface area contributed by atoms with Crippen LogP contribution in [0.4, 0.5) is 0 Å². The van der Waals surface area contributed by atoms with E-state index in [1.807, 2.05) is 0 Å². The largest absolute Gasteiger partial charge is 0.497 e. The minimum absolute atomic E-state index is 0.189. The Kier molecular flexibility index (Phi) is 8.18. The molecule has 0 fully saturated rings. The molecule has 0 saturated heterocycles. The highest BCUT2D eigenvalue weighted by molar-refractivity contribution is 6.35. The first-order chi connectivity index (χ1) is 14.0. The topological polar surface area (TPSA) is 115 Å². The van der Waals surface area contributed by atoms with Crippen LogP contribution in [0.25, 0.3) is 0 Å². The van der Waals surface area contributed by atoms with Crippen molar-refractivity contribution in [3.8, 4) is 11.5 Å². The number of hydrogen-bond donors (Lipinski definition) is 2. The summed E-state index contributed by atoms with van der Waals surface area (Å²) in [5.74, 6) is -0.981. The van der Waals surface area contributed by atoms with Crippen molar-refractivity contribution in [2.75, 3.05) is 20.8 Å². The summed E-state index contributed by atoms with van der Waals surface area (Å²) in [6, 6.07) is 13.7. The Bertz CT molecular complexity index is 863. The molecule has 2 aromatic rings. The number of benzene rings is 2. The maximum atomic E-state index is 11.8. The molecule has 9 heteroatoms. The van der Waals surface area contributed by atoms with Crippen molar-refractivity contribution in [3.05, 3.63) is 59.7 Å². The lowest BCUT2D eigenvalue weighted by Gasteiger charge is -2.05. The van der Waals surface area contributed by atoms with Crippen LogP contribution < -0.4 is 20.2 Å². The Balaban J connectivity index is 1.76. The highest BCUT2D eigenvalue weighted by Gasteiger charge is 2.11. The van der Waals surface area contributed by atoms with E-state index in [0.717, 1.165) is 5.56 Å². The minimum atomic E-state index is -0.882. The predicted octanol–water partition coefficient (Wildman–Crippen LogP) is 1.01. The van der Waals surface area contributed by atoms with E-state index < -0.39 is 17.8 Å². The van der Waals surface area contributed by atoms with Crippen molar-refractivity contribution in [2.24, 2.45) is 5.10 Å². The van der Waals surface area contributed by atoms with Gasteiger partial charge in [-0.2, -0.15) is 5.10 Å². The lowest BCUT2D eigenvalue weighted by Crippen LogP contribution is -2.37. The van der Waals surface area contributed by atoms with Crippen molar-refractivity contribution < 1.29 is 28.6 Å². The summed E-state index contributed by atoms with van der Waals surface area (Å²) in [5, 5.41) is 6.24. The zero-order chi connectivity index (χ0) is 21.1. The zero-order valence-electron chi connectivity index (χ0n) is 16.0. The number of methoxy groups -OCH3 is 2. The Hall–Kier alpha value is -3.88. The van der Waals surface area contributed by atoms with Gasteiger partial charge in [0.25, 0.3) is 0 Å². The van der Waals surface area contributed by atoms with Crippen LogP contribution in [0.5, 0.6) is 11.5 Å². The molecule has 0 bridgehead atoms. The molecule has 0 aliphatic heterocycles. The summed E-state index contributed by atoms with van der Waals surface area (Å²) >= 11 is 0. The SMILES string of the molecule is COC(=O)COc1ccc(/C=N\NC(=O)C(=O)NCc2ccc(OC)cc2)cc1. The summed E-state index contributed by atoms with van der Waals surface area (Å²) in [7, 11) is 2.84. The monoisotopic (exact) mass is 399 g/mol. The van der Waals surface area contributed by atoms with Crippen LogP contribution in [-0.2, 0) is 25.7 Å². The molecule has 0 unspecified atom stereocenters. The first-order valence-corrected chi connectivity index (χ1v) is 8.55. The fourth-order valence-electron chi connectivity index (χ4n) is 2.07. The smallest absolute Gasteiger partial charge is 0.343 e. The molecule has 0 aliphatic rings. The number of carbonyl (C=O) groups excluding carboxylic acids is 3. The van der Waals surface area contributed by atoms with E-state index in [1.54, 1.807) is 55.6 Å². The van der Waals surface area contributed by atoms with E-state index >= 15 is 0 Å². The van der Waals surface area contributed by atoms with Crippen molar-refractivity contribution in [3.63, 3.8) is 0 Å². The molecule has 0 saturated carbocycles. The average molecular weight is 399 g/mol. The third-order valence-corrected chi connectivity index (χ3v) is 3.66. The number of hydrogen-bond acceptors (Lipinski definition) is 7. The van der Waals surface area contributed by atoms with E-state index in [-0.39, 0.29) is 13.2 Å². The van der Waals surface area contributed by atoms with E-state index in [1.165, 1.54) is 13.3 Å². The number of rotatable bonds is 8. The van der Waals surface area contributed by atoms with Crippen LogP contribution >= 0.6 is 0 Å². The molecule has 0 atom stereocenters. The molecule has 0 radical (unpaired) electrons. The van der Waals surface area contributed by atoms with Crippen LogP contribution in [0, 0.1) is 0 Å². The molecular weight excluding hydrogens is 378 g/mol. The lowest BCUT2D eigenvalue weighted by atomic mass is 10.2. The van der Waals surface area contributed by atoms with Gasteiger partial charge in [-0.1, -0.05) is 12.1 Å². The van der Waals surface area contributed by atoms with E-state index in [0.29, 0.717) is 17.1 Å². The number of nitrogens with zero attached hydrogens (tertiary/aromatic N) is 1. The van der Waals surface area contributed by atoms with Crippen LogP contribution in [-0.4, -0.2) is 44.8 Å². The molecule has 2 N–H and O–H groups in total. The van der Waals surface area contributed by atoms with Gasteiger partial charge in [0, 0.05) is 6.54 Å². The predicted molar refractivity (Wildman–Crippen MR) is 105 cm³/mol. The molecule has 0 spiro atoms. The van der Waals surface area contributed by atoms with E-state index in [4.69, 9.17) is 9.47 Å². The van der Waals surface area contributed by atoms with Gasteiger partial charge in [-0.25, -0.2) is 10.2 Å². The molecular formula is C20H21N3O6. The van der Waals surface area contributed by atoms with Gasteiger partial charge in [-0.3, -0.25) is 9.59 Å². The molecule has 2 amide bonds. The van der Waals surface area contributed by atoms with Gasteiger partial charge < -0.3 is 19.5 Å². The van der Waals surface area contributed by atoms with Crippen molar-refractivity contribution >= 4 is 24.0 Å². The quantitative estimate of drug-likeness (QED) is 0.296. The highest BCUT2D eigenvalue weighted by Crippen LogP contribution is 2.11. The van der Waals surface area contributed by atoms with Gasteiger partial charge in [-0.15, -0.1) is 0 Å². The average Bonchev–Trinajstić information content (AvgIpc) is 2.76. The number of amides is 2. The number of hydrazone groups is 1. The zero-order valence-corrected chi connectivity index (χ0v) is 16.0. The molecule has 9 nitrogen and oxygen atoms in total. The number of esters is 1. The molecule has 0 heterocycles. The fourth-order valence-corrected chi connectivity index (χ4v) is 2.07. The standard InChI is InChI=1S/C20H21N3O6/c1-27-16-7-3-14(4-8-16)11-21-19(25)20(26)23-22-12-15-5-9-17(10-6-15)29-13-18(24)28-2/h3-10,12H,11,13H2,1-2H3,(H,21,25)(H,23,26)/b22-12-. The summed E-state index contributed by atoms with van der Waals surface area (Å²) in [4.78, 5) is 34.6. The molecule has 0 aromatic heterocycles. The molecule has 0 aliphatic carbocycles. The Morgan fingerprint density at radius 2 is 1.59 bits per heavy atom. The van der Waals surface area contributed by atoms with Gasteiger partial charge >= 0.3 is 17.8 Å². The van der Waals surface area contributed by atoms with E-state index in [2.05, 4.69) is 20.6 Å². The second-order valence-corrected chi connectivity index (χ2v) is 5.66. The molecule has 2 aromatic carbocycles. The summed E-state index contributed by atoms with van der Waals surface area (Å²) in [6.45, 7) is 0.0125. The summed E-state index contributed by atoms with van der Waals surface area (Å²) in [5.41, 5.74) is 3.64. The van der Waals surface area contributed by atoms with Crippen LogP contribution in [0.1, 0.15) is 11.1 Å².